The SMILES string of the molecule is C=C(CCC(=O)OC)C(=O)N1CCC(OC(=O)N(C)C)C1. The van der Waals surface area contributed by atoms with E-state index < -0.39 is 6.09 Å². The quantitative estimate of drug-likeness (QED) is 0.554. The van der Waals surface area contributed by atoms with E-state index in [1.807, 2.05) is 0 Å². The summed E-state index contributed by atoms with van der Waals surface area (Å²) in [5.41, 5.74) is 0.361. The lowest BCUT2D eigenvalue weighted by atomic mass is 10.1. The number of likely N-dealkylation sites (tertiary alicyclic amines) is 1. The Kier molecular flexibility index (Phi) is 6.20. The van der Waals surface area contributed by atoms with E-state index in [1.54, 1.807) is 19.0 Å². The van der Waals surface area contributed by atoms with Crippen molar-refractivity contribution in [1.82, 2.24) is 9.80 Å². The number of esters is 1. The lowest BCUT2D eigenvalue weighted by Gasteiger charge is -2.19. The molecule has 0 aliphatic carbocycles. The molecule has 1 saturated heterocycles. The van der Waals surface area contributed by atoms with Gasteiger partial charge in [0.15, 0.2) is 0 Å². The highest BCUT2D eigenvalue weighted by Gasteiger charge is 2.30. The van der Waals surface area contributed by atoms with Crippen LogP contribution in [0, 0.1) is 0 Å². The predicted octanol–water partition coefficient (Wildman–Crippen LogP) is 0.795. The summed E-state index contributed by atoms with van der Waals surface area (Å²) in [5.74, 6) is -0.578. The number of amides is 2. The zero-order valence-electron chi connectivity index (χ0n) is 12.8. The maximum Gasteiger partial charge on any atom is 0.409 e. The molecule has 7 nitrogen and oxygen atoms in total. The van der Waals surface area contributed by atoms with Crippen molar-refractivity contribution in [3.63, 3.8) is 0 Å². The van der Waals surface area contributed by atoms with Gasteiger partial charge in [-0.3, -0.25) is 9.59 Å². The van der Waals surface area contributed by atoms with Crippen LogP contribution in [0.3, 0.4) is 0 Å². The van der Waals surface area contributed by atoms with Crippen LogP contribution in [0.1, 0.15) is 19.3 Å². The number of carbonyl (C=O) groups is 3. The normalized spacial score (nSPS) is 17.3. The van der Waals surface area contributed by atoms with E-state index in [9.17, 15) is 14.4 Å². The van der Waals surface area contributed by atoms with Gasteiger partial charge in [0.2, 0.25) is 5.91 Å². The first-order valence-electron chi connectivity index (χ1n) is 6.77. The number of hydrogen-bond donors (Lipinski definition) is 0. The molecule has 2 amide bonds. The third kappa shape index (κ3) is 5.09. The van der Waals surface area contributed by atoms with Crippen molar-refractivity contribution in [1.29, 1.82) is 0 Å². The van der Waals surface area contributed by atoms with Crippen LogP contribution in [0.4, 0.5) is 4.79 Å². The summed E-state index contributed by atoms with van der Waals surface area (Å²) in [6.45, 7) is 4.58. The van der Waals surface area contributed by atoms with Gasteiger partial charge >= 0.3 is 12.1 Å². The lowest BCUT2D eigenvalue weighted by Crippen LogP contribution is -2.33. The molecule has 0 bridgehead atoms. The van der Waals surface area contributed by atoms with Crippen LogP contribution in [0.5, 0.6) is 0 Å². The third-order valence-corrected chi connectivity index (χ3v) is 3.23. The van der Waals surface area contributed by atoms with Crippen molar-refractivity contribution in [2.24, 2.45) is 0 Å². The molecule has 1 heterocycles. The van der Waals surface area contributed by atoms with E-state index in [0.717, 1.165) is 0 Å². The molecule has 0 radical (unpaired) electrons. The molecule has 1 atom stereocenters. The largest absolute Gasteiger partial charge is 0.469 e. The molecule has 1 aliphatic heterocycles. The topological polar surface area (TPSA) is 76.1 Å². The summed E-state index contributed by atoms with van der Waals surface area (Å²) in [6.07, 6.45) is 0.296. The molecule has 21 heavy (non-hydrogen) atoms. The summed E-state index contributed by atoms with van der Waals surface area (Å²) >= 11 is 0. The highest BCUT2D eigenvalue weighted by molar-refractivity contribution is 5.93. The molecule has 0 N–H and O–H groups in total. The smallest absolute Gasteiger partial charge is 0.409 e. The first kappa shape index (κ1) is 17.0. The fourth-order valence-corrected chi connectivity index (χ4v) is 1.94. The molecular formula is C14H22N2O5. The van der Waals surface area contributed by atoms with Gasteiger partial charge in [-0.15, -0.1) is 0 Å². The Labute approximate surface area is 124 Å². The Morgan fingerprint density at radius 2 is 1.95 bits per heavy atom. The number of ether oxygens (including phenoxy) is 2. The Morgan fingerprint density at radius 3 is 2.52 bits per heavy atom. The Morgan fingerprint density at radius 1 is 1.29 bits per heavy atom. The minimum Gasteiger partial charge on any atom is -0.469 e. The number of rotatable bonds is 5. The fraction of sp³-hybridized carbons (Fsp3) is 0.643. The molecule has 0 spiro atoms. The molecule has 1 rings (SSSR count). The van der Waals surface area contributed by atoms with Gasteiger partial charge in [-0.05, 0) is 6.42 Å². The monoisotopic (exact) mass is 298 g/mol. The maximum absolute atomic E-state index is 12.1. The van der Waals surface area contributed by atoms with Crippen LogP contribution < -0.4 is 0 Å². The van der Waals surface area contributed by atoms with Crippen molar-refractivity contribution in [3.05, 3.63) is 12.2 Å². The van der Waals surface area contributed by atoms with Gasteiger partial charge < -0.3 is 19.3 Å². The minimum atomic E-state index is -0.418. The molecule has 1 unspecified atom stereocenters. The van der Waals surface area contributed by atoms with Crippen LogP contribution in [0.2, 0.25) is 0 Å². The van der Waals surface area contributed by atoms with Gasteiger partial charge in [0.05, 0.1) is 13.7 Å². The number of hydrogen-bond acceptors (Lipinski definition) is 5. The summed E-state index contributed by atoms with van der Waals surface area (Å²) < 4.78 is 9.76. The van der Waals surface area contributed by atoms with Gasteiger partial charge in [-0.25, -0.2) is 4.79 Å². The highest BCUT2D eigenvalue weighted by Crippen LogP contribution is 2.17. The fourth-order valence-electron chi connectivity index (χ4n) is 1.94. The molecule has 118 valence electrons. The summed E-state index contributed by atoms with van der Waals surface area (Å²) in [5, 5.41) is 0. The predicted molar refractivity (Wildman–Crippen MR) is 75.5 cm³/mol. The second kappa shape index (κ2) is 7.66. The highest BCUT2D eigenvalue weighted by atomic mass is 16.6. The van der Waals surface area contributed by atoms with Crippen LogP contribution in [-0.2, 0) is 19.1 Å². The van der Waals surface area contributed by atoms with Crippen LogP contribution >= 0.6 is 0 Å². The second-order valence-corrected chi connectivity index (χ2v) is 5.12. The van der Waals surface area contributed by atoms with E-state index in [0.29, 0.717) is 25.1 Å². The number of methoxy groups -OCH3 is 1. The van der Waals surface area contributed by atoms with Crippen LogP contribution in [0.25, 0.3) is 0 Å². The molecule has 0 aromatic carbocycles. The Bertz CT molecular complexity index is 433. The summed E-state index contributed by atoms with van der Waals surface area (Å²) in [7, 11) is 4.51. The van der Waals surface area contributed by atoms with Gasteiger partial charge in [0, 0.05) is 39.1 Å². The first-order chi connectivity index (χ1) is 9.85. The third-order valence-electron chi connectivity index (χ3n) is 3.23. The van der Waals surface area contributed by atoms with Crippen molar-refractivity contribution in [2.45, 2.75) is 25.4 Å². The van der Waals surface area contributed by atoms with Gasteiger partial charge in [0.25, 0.3) is 0 Å². The van der Waals surface area contributed by atoms with Crippen LogP contribution in [0.15, 0.2) is 12.2 Å². The molecule has 7 heteroatoms. The van der Waals surface area contributed by atoms with Crippen LogP contribution in [-0.4, -0.2) is 68.2 Å². The van der Waals surface area contributed by atoms with Crippen molar-refractivity contribution < 1.29 is 23.9 Å². The van der Waals surface area contributed by atoms with Crippen molar-refractivity contribution >= 4 is 18.0 Å². The Balaban J connectivity index is 2.41. The molecular weight excluding hydrogens is 276 g/mol. The Hall–Kier alpha value is -2.05. The van der Waals surface area contributed by atoms with Crippen molar-refractivity contribution in [2.75, 3.05) is 34.3 Å². The maximum atomic E-state index is 12.1. The molecule has 0 aromatic rings. The molecule has 1 fully saturated rings. The molecule has 0 saturated carbocycles. The zero-order chi connectivity index (χ0) is 16.0. The van der Waals surface area contributed by atoms with Gasteiger partial charge in [0.1, 0.15) is 6.10 Å². The van der Waals surface area contributed by atoms with E-state index >= 15 is 0 Å². The van der Waals surface area contributed by atoms with Crippen molar-refractivity contribution in [3.8, 4) is 0 Å². The first-order valence-corrected chi connectivity index (χ1v) is 6.77. The molecule has 0 aromatic heterocycles. The van der Waals surface area contributed by atoms with Gasteiger partial charge in [-0.2, -0.15) is 0 Å². The van der Waals surface area contributed by atoms with E-state index in [-0.39, 0.29) is 30.8 Å². The standard InChI is InChI=1S/C14H22N2O5/c1-10(5-6-12(17)20-4)13(18)16-8-7-11(9-16)21-14(19)15(2)3/h11H,1,5-9H2,2-4H3. The molecule has 1 aliphatic rings. The van der Waals surface area contributed by atoms with E-state index in [2.05, 4.69) is 11.3 Å². The summed E-state index contributed by atoms with van der Waals surface area (Å²) in [6, 6.07) is 0. The average Bonchev–Trinajstić information content (AvgIpc) is 2.91. The minimum absolute atomic E-state index is 0.133. The van der Waals surface area contributed by atoms with E-state index in [4.69, 9.17) is 4.74 Å². The number of nitrogens with zero attached hydrogens (tertiary/aromatic N) is 2. The van der Waals surface area contributed by atoms with Gasteiger partial charge in [-0.1, -0.05) is 6.58 Å². The number of carbonyl (C=O) groups excluding carboxylic acids is 3. The lowest BCUT2D eigenvalue weighted by molar-refractivity contribution is -0.140. The zero-order valence-corrected chi connectivity index (χ0v) is 12.8. The summed E-state index contributed by atoms with van der Waals surface area (Å²) in [4.78, 5) is 37.6. The van der Waals surface area contributed by atoms with E-state index in [1.165, 1.54) is 12.0 Å². The second-order valence-electron chi connectivity index (χ2n) is 5.12. The average molecular weight is 298 g/mol.